The van der Waals surface area contributed by atoms with Crippen molar-refractivity contribution in [2.24, 2.45) is 0 Å². The molecule has 0 fully saturated rings. The van der Waals surface area contributed by atoms with Gasteiger partial charge in [0.25, 0.3) is 5.91 Å². The number of nitrogens with one attached hydrogen (secondary N) is 1. The van der Waals surface area contributed by atoms with Crippen LogP contribution in [0.5, 0.6) is 0 Å². The Hall–Kier alpha value is -2.62. The zero-order valence-electron chi connectivity index (χ0n) is 14.8. The van der Waals surface area contributed by atoms with Crippen LogP contribution in [0.2, 0.25) is 0 Å². The second-order valence-corrected chi connectivity index (χ2v) is 6.22. The van der Waals surface area contributed by atoms with Gasteiger partial charge in [-0.2, -0.15) is 0 Å². The molecule has 0 bridgehead atoms. The summed E-state index contributed by atoms with van der Waals surface area (Å²) in [5.41, 5.74) is 6.19. The summed E-state index contributed by atoms with van der Waals surface area (Å²) in [5.74, 6) is -0.826. The highest BCUT2D eigenvalue weighted by molar-refractivity contribution is 5.97. The molecule has 0 heterocycles. The van der Waals surface area contributed by atoms with Crippen LogP contribution in [-0.2, 0) is 9.53 Å². The fourth-order valence-electron chi connectivity index (χ4n) is 2.72. The minimum atomic E-state index is -0.483. The van der Waals surface area contributed by atoms with E-state index in [0.717, 1.165) is 33.5 Å². The van der Waals surface area contributed by atoms with E-state index in [1.54, 1.807) is 6.07 Å². The van der Waals surface area contributed by atoms with E-state index in [0.29, 0.717) is 5.56 Å². The highest BCUT2D eigenvalue weighted by Gasteiger charge is 2.14. The lowest BCUT2D eigenvalue weighted by Crippen LogP contribution is -2.22. The molecule has 2 aromatic rings. The molecule has 2 aromatic carbocycles. The number of carbonyl (C=O) groups excluding carboxylic acids is 2. The van der Waals surface area contributed by atoms with Gasteiger partial charge in [-0.25, -0.2) is 4.79 Å². The molecule has 0 aliphatic carbocycles. The molecule has 1 N–H and O–H groups in total. The molecule has 4 heteroatoms. The van der Waals surface area contributed by atoms with Crippen molar-refractivity contribution in [2.45, 2.75) is 34.6 Å². The molecule has 2 rings (SSSR count). The lowest BCUT2D eigenvalue weighted by Gasteiger charge is -2.13. The van der Waals surface area contributed by atoms with Crippen LogP contribution in [0.1, 0.15) is 38.2 Å². The quantitative estimate of drug-likeness (QED) is 0.864. The summed E-state index contributed by atoms with van der Waals surface area (Å²) in [7, 11) is 0. The number of ether oxygens (including phenoxy) is 1. The third-order valence-electron chi connectivity index (χ3n) is 3.89. The van der Waals surface area contributed by atoms with Crippen molar-refractivity contribution >= 4 is 17.6 Å². The molecule has 0 aliphatic rings. The highest BCUT2D eigenvalue weighted by Crippen LogP contribution is 2.21. The molecule has 0 atom stereocenters. The first kappa shape index (κ1) is 17.7. The maximum Gasteiger partial charge on any atom is 0.338 e. The Balaban J connectivity index is 2.01. The number of carbonyl (C=O) groups is 2. The van der Waals surface area contributed by atoms with Crippen LogP contribution in [-0.4, -0.2) is 18.5 Å². The molecule has 4 nitrogen and oxygen atoms in total. The minimum Gasteiger partial charge on any atom is -0.452 e. The van der Waals surface area contributed by atoms with Gasteiger partial charge in [-0.15, -0.1) is 0 Å². The summed E-state index contributed by atoms with van der Waals surface area (Å²) in [5, 5.41) is 2.82. The first-order valence-corrected chi connectivity index (χ1v) is 7.90. The number of esters is 1. The topological polar surface area (TPSA) is 55.4 Å². The van der Waals surface area contributed by atoms with Gasteiger partial charge in [-0.05, 0) is 57.4 Å². The molecule has 24 heavy (non-hydrogen) atoms. The Morgan fingerprint density at radius 2 is 1.50 bits per heavy atom. The standard InChI is InChI=1S/C20H23NO3/c1-12-6-7-14(3)17(10-12)20(23)24-11-18(22)21-19-15(4)8-13(2)9-16(19)5/h6-10H,11H2,1-5H3,(H,21,22). The number of hydrogen-bond acceptors (Lipinski definition) is 3. The second kappa shape index (κ2) is 7.30. The van der Waals surface area contributed by atoms with Gasteiger partial charge < -0.3 is 10.1 Å². The molecular weight excluding hydrogens is 302 g/mol. The van der Waals surface area contributed by atoms with Gasteiger partial charge >= 0.3 is 5.97 Å². The van der Waals surface area contributed by atoms with E-state index < -0.39 is 5.97 Å². The maximum atomic E-state index is 12.2. The van der Waals surface area contributed by atoms with E-state index in [-0.39, 0.29) is 12.5 Å². The minimum absolute atomic E-state index is 0.307. The molecule has 0 aliphatic heterocycles. The summed E-state index contributed by atoms with van der Waals surface area (Å²) in [6.45, 7) is 9.34. The van der Waals surface area contributed by atoms with E-state index in [1.807, 2.05) is 58.9 Å². The molecule has 0 spiro atoms. The summed E-state index contributed by atoms with van der Waals surface area (Å²) >= 11 is 0. The van der Waals surface area contributed by atoms with Crippen LogP contribution in [0.4, 0.5) is 5.69 Å². The fraction of sp³-hybridized carbons (Fsp3) is 0.300. The van der Waals surface area contributed by atoms with Crippen molar-refractivity contribution in [3.63, 3.8) is 0 Å². The lowest BCUT2D eigenvalue weighted by atomic mass is 10.1. The largest absolute Gasteiger partial charge is 0.452 e. The van der Waals surface area contributed by atoms with Crippen molar-refractivity contribution in [1.29, 1.82) is 0 Å². The van der Waals surface area contributed by atoms with E-state index >= 15 is 0 Å². The average Bonchev–Trinajstić information content (AvgIpc) is 2.50. The van der Waals surface area contributed by atoms with Crippen LogP contribution in [0.15, 0.2) is 30.3 Å². The smallest absolute Gasteiger partial charge is 0.338 e. The normalized spacial score (nSPS) is 10.4. The molecule has 126 valence electrons. The predicted molar refractivity (Wildman–Crippen MR) is 95.5 cm³/mol. The fourth-order valence-corrected chi connectivity index (χ4v) is 2.72. The average molecular weight is 325 g/mol. The third-order valence-corrected chi connectivity index (χ3v) is 3.89. The van der Waals surface area contributed by atoms with Crippen molar-refractivity contribution < 1.29 is 14.3 Å². The SMILES string of the molecule is Cc1cc(C)c(NC(=O)COC(=O)c2cc(C)ccc2C)c(C)c1. The first-order chi connectivity index (χ1) is 11.3. The lowest BCUT2D eigenvalue weighted by molar-refractivity contribution is -0.119. The molecule has 0 saturated heterocycles. The monoisotopic (exact) mass is 325 g/mol. The maximum absolute atomic E-state index is 12.2. The van der Waals surface area contributed by atoms with Crippen LogP contribution < -0.4 is 5.32 Å². The number of hydrogen-bond donors (Lipinski definition) is 1. The van der Waals surface area contributed by atoms with Crippen molar-refractivity contribution in [3.8, 4) is 0 Å². The molecule has 0 radical (unpaired) electrons. The van der Waals surface area contributed by atoms with E-state index in [4.69, 9.17) is 4.74 Å². The summed E-state index contributed by atoms with van der Waals surface area (Å²) in [6.07, 6.45) is 0. The number of amides is 1. The third kappa shape index (κ3) is 4.22. The molecule has 0 unspecified atom stereocenters. The molecule has 0 saturated carbocycles. The van der Waals surface area contributed by atoms with Crippen LogP contribution >= 0.6 is 0 Å². The summed E-state index contributed by atoms with van der Waals surface area (Å²) < 4.78 is 5.15. The van der Waals surface area contributed by atoms with Crippen LogP contribution in [0, 0.1) is 34.6 Å². The molecule has 1 amide bonds. The van der Waals surface area contributed by atoms with Crippen LogP contribution in [0.25, 0.3) is 0 Å². The number of anilines is 1. The zero-order valence-corrected chi connectivity index (χ0v) is 14.8. The number of benzene rings is 2. The molecule has 0 aromatic heterocycles. The van der Waals surface area contributed by atoms with E-state index in [1.165, 1.54) is 0 Å². The Bertz CT molecular complexity index is 770. The van der Waals surface area contributed by atoms with Gasteiger partial charge in [-0.3, -0.25) is 4.79 Å². The summed E-state index contributed by atoms with van der Waals surface area (Å²) in [4.78, 5) is 24.3. The van der Waals surface area contributed by atoms with Gasteiger partial charge in [0.2, 0.25) is 0 Å². The van der Waals surface area contributed by atoms with Crippen LogP contribution in [0.3, 0.4) is 0 Å². The number of aryl methyl sites for hydroxylation is 5. The van der Waals surface area contributed by atoms with Crippen molar-refractivity contribution in [2.75, 3.05) is 11.9 Å². The Kier molecular flexibility index (Phi) is 5.39. The van der Waals surface area contributed by atoms with Gasteiger partial charge in [0.15, 0.2) is 6.61 Å². The van der Waals surface area contributed by atoms with Gasteiger partial charge in [0.1, 0.15) is 0 Å². The van der Waals surface area contributed by atoms with Gasteiger partial charge in [0.05, 0.1) is 5.56 Å². The predicted octanol–water partition coefficient (Wildman–Crippen LogP) is 4.02. The van der Waals surface area contributed by atoms with Gasteiger partial charge in [-0.1, -0.05) is 35.4 Å². The Morgan fingerprint density at radius 3 is 2.12 bits per heavy atom. The van der Waals surface area contributed by atoms with E-state index in [9.17, 15) is 9.59 Å². The van der Waals surface area contributed by atoms with E-state index in [2.05, 4.69) is 5.32 Å². The Labute approximate surface area is 142 Å². The summed E-state index contributed by atoms with van der Waals surface area (Å²) in [6, 6.07) is 9.58. The first-order valence-electron chi connectivity index (χ1n) is 7.90. The highest BCUT2D eigenvalue weighted by atomic mass is 16.5. The zero-order chi connectivity index (χ0) is 17.9. The second-order valence-electron chi connectivity index (χ2n) is 6.22. The number of rotatable bonds is 4. The molecular formula is C20H23NO3. The Morgan fingerprint density at radius 1 is 0.875 bits per heavy atom. The van der Waals surface area contributed by atoms with Gasteiger partial charge in [0, 0.05) is 5.69 Å². The van der Waals surface area contributed by atoms with Crippen molar-refractivity contribution in [1.82, 2.24) is 0 Å². The van der Waals surface area contributed by atoms with Crippen molar-refractivity contribution in [3.05, 3.63) is 63.7 Å².